The number of carbonyl (C=O) groups is 1. The molecule has 1 aliphatic rings. The minimum absolute atomic E-state index is 0.0243. The van der Waals surface area contributed by atoms with E-state index in [0.717, 1.165) is 16.3 Å². The Balaban J connectivity index is 1.85. The zero-order chi connectivity index (χ0) is 23.4. The van der Waals surface area contributed by atoms with Gasteiger partial charge in [-0.1, -0.05) is 11.8 Å². The number of carbonyl (C=O) groups excluding carboxylic acids is 1. The van der Waals surface area contributed by atoms with E-state index >= 15 is 0 Å². The first kappa shape index (κ1) is 26.1. The van der Waals surface area contributed by atoms with Gasteiger partial charge in [0.2, 0.25) is 0 Å². The molecule has 0 aromatic carbocycles. The van der Waals surface area contributed by atoms with Crippen LogP contribution in [0.25, 0.3) is 0 Å². The number of aromatic nitrogens is 2. The fourth-order valence-electron chi connectivity index (χ4n) is 2.63. The molecule has 31 heavy (non-hydrogen) atoms. The molecule has 1 unspecified atom stereocenters. The van der Waals surface area contributed by atoms with Gasteiger partial charge in [0.25, 0.3) is 0 Å². The lowest BCUT2D eigenvalue weighted by atomic mass is 9.97. The molecule has 4 N–H and O–H groups in total. The Hall–Kier alpha value is -1.11. The van der Waals surface area contributed by atoms with Crippen molar-refractivity contribution in [3.8, 4) is 0 Å². The van der Waals surface area contributed by atoms with Crippen molar-refractivity contribution in [3.63, 3.8) is 0 Å². The van der Waals surface area contributed by atoms with Crippen LogP contribution in [-0.2, 0) is 23.1 Å². The van der Waals surface area contributed by atoms with Crippen molar-refractivity contribution < 1.29 is 33.4 Å². The summed E-state index contributed by atoms with van der Waals surface area (Å²) in [6.07, 6.45) is -1.94. The van der Waals surface area contributed by atoms with E-state index in [1.807, 2.05) is 0 Å². The number of ether oxygens (including phenoxy) is 1. The van der Waals surface area contributed by atoms with Crippen molar-refractivity contribution in [3.05, 3.63) is 22.7 Å². The first-order valence-corrected chi connectivity index (χ1v) is 11.7. The van der Waals surface area contributed by atoms with Crippen molar-refractivity contribution in [1.29, 1.82) is 0 Å². The van der Waals surface area contributed by atoms with Gasteiger partial charge in [0.1, 0.15) is 36.1 Å². The second kappa shape index (κ2) is 10.7. The van der Waals surface area contributed by atoms with Crippen LogP contribution >= 0.6 is 31.6 Å². The number of hydrogen-bond acceptors (Lipinski definition) is 11. The second-order valence-electron chi connectivity index (χ2n) is 7.70. The van der Waals surface area contributed by atoms with Gasteiger partial charge in [0, 0.05) is 16.5 Å². The fraction of sp³-hybridized carbons (Fsp3) is 0.706. The Morgan fingerprint density at radius 2 is 2.19 bits per heavy atom. The second-order valence-corrected chi connectivity index (χ2v) is 10.5. The summed E-state index contributed by atoms with van der Waals surface area (Å²) < 4.78 is 28.8. The van der Waals surface area contributed by atoms with Gasteiger partial charge < -0.3 is 20.7 Å². The monoisotopic (exact) mass is 498 g/mol. The molecular weight excluding hydrogens is 473 g/mol. The molecule has 0 amide bonds. The van der Waals surface area contributed by atoms with Gasteiger partial charge in [-0.3, -0.25) is 9.36 Å². The van der Waals surface area contributed by atoms with E-state index < -0.39 is 42.7 Å². The van der Waals surface area contributed by atoms with E-state index in [1.54, 1.807) is 13.8 Å². The normalized spacial score (nSPS) is 26.8. The number of thioether (sulfide) groups is 1. The Kier molecular flexibility index (Phi) is 9.00. The number of alkyl halides is 1. The van der Waals surface area contributed by atoms with Crippen LogP contribution in [0.5, 0.6) is 0 Å². The van der Waals surface area contributed by atoms with Crippen LogP contribution in [0.1, 0.15) is 27.0 Å². The summed E-state index contributed by atoms with van der Waals surface area (Å²) >= 11 is 7.37. The Bertz CT molecular complexity index is 868. The first-order chi connectivity index (χ1) is 14.4. The van der Waals surface area contributed by atoms with Gasteiger partial charge in [0.15, 0.2) is 11.3 Å². The lowest BCUT2D eigenvalue weighted by Gasteiger charge is -2.26. The van der Waals surface area contributed by atoms with Gasteiger partial charge in [-0.2, -0.15) is 4.98 Å². The van der Waals surface area contributed by atoms with Crippen LogP contribution in [-0.4, -0.2) is 67.5 Å². The molecule has 0 spiro atoms. The van der Waals surface area contributed by atoms with E-state index in [4.69, 9.17) is 36.2 Å². The predicted molar refractivity (Wildman–Crippen MR) is 115 cm³/mol. The maximum Gasteiger partial charge on any atom is 0.697 e. The minimum atomic E-state index is -2.54. The average molecular weight is 499 g/mol. The molecule has 5 atom stereocenters. The van der Waals surface area contributed by atoms with Crippen LogP contribution in [0.15, 0.2) is 17.1 Å². The highest BCUT2D eigenvalue weighted by molar-refractivity contribution is 8.13. The summed E-state index contributed by atoms with van der Waals surface area (Å²) in [4.78, 5) is 26.2. The maximum atomic E-state index is 12.1. The molecule has 0 aliphatic carbocycles. The summed E-state index contributed by atoms with van der Waals surface area (Å²) in [7, 11) is -2.54. The van der Waals surface area contributed by atoms with Crippen molar-refractivity contribution in [1.82, 2.24) is 9.55 Å². The van der Waals surface area contributed by atoms with Crippen LogP contribution in [0.4, 0.5) is 5.82 Å². The van der Waals surface area contributed by atoms with E-state index in [2.05, 4.69) is 4.98 Å². The number of nitrogen functional groups attached to an aromatic ring is 1. The van der Waals surface area contributed by atoms with Crippen molar-refractivity contribution in [2.75, 3.05) is 31.3 Å². The third kappa shape index (κ3) is 6.45. The van der Waals surface area contributed by atoms with Crippen LogP contribution in [0.3, 0.4) is 0 Å². The van der Waals surface area contributed by atoms with Gasteiger partial charge >= 0.3 is 13.9 Å². The molecule has 11 nitrogen and oxygen atoms in total. The van der Waals surface area contributed by atoms with Crippen molar-refractivity contribution in [2.45, 2.75) is 44.1 Å². The number of anilines is 1. The van der Waals surface area contributed by atoms with Crippen LogP contribution in [0, 0.1) is 5.41 Å². The van der Waals surface area contributed by atoms with Crippen LogP contribution < -0.4 is 11.4 Å². The predicted octanol–water partition coefficient (Wildman–Crippen LogP) is 1.05. The lowest BCUT2D eigenvalue weighted by Crippen LogP contribution is -2.42. The Morgan fingerprint density at radius 1 is 1.52 bits per heavy atom. The fourth-order valence-corrected chi connectivity index (χ4v) is 4.44. The van der Waals surface area contributed by atoms with Crippen LogP contribution in [0.2, 0.25) is 0 Å². The standard InChI is InChI=1S/C17H25ClN3O8PS/c1-16(2,9-22)14(24)31-7-6-27-30(26)28-8-10-12(23)17(3,18)13(29-10)21-5-4-11(19)20-15(21)25/h4-5,10,12-13,22-23H,6-9H2,1-3H3,(H-,19,20,25)/p+1/t10-,12-,13-,17-/m1/s1. The molecule has 0 bridgehead atoms. The highest BCUT2D eigenvalue weighted by Gasteiger charge is 2.54. The third-order valence-corrected chi connectivity index (χ3v) is 6.98. The molecule has 0 saturated carbocycles. The maximum absolute atomic E-state index is 12.1. The van der Waals surface area contributed by atoms with E-state index in [1.165, 1.54) is 19.2 Å². The zero-order valence-corrected chi connectivity index (χ0v) is 19.7. The summed E-state index contributed by atoms with van der Waals surface area (Å²) in [5, 5.41) is 19.4. The molecular formula is C17H26ClN3O8PS+. The SMILES string of the molecule is CC(C)(CO)C(=O)SCCO[P+](=O)OC[C@H]1O[C@@H](n2ccc(N)nc2=O)[C@](C)(Cl)[C@@H]1O. The molecule has 1 aromatic rings. The highest BCUT2D eigenvalue weighted by Crippen LogP contribution is 2.43. The topological polar surface area (TPSA) is 163 Å². The smallest absolute Gasteiger partial charge is 0.395 e. The summed E-state index contributed by atoms with van der Waals surface area (Å²) in [5.74, 6) is 0.259. The molecule has 14 heteroatoms. The highest BCUT2D eigenvalue weighted by atomic mass is 35.5. The number of aliphatic hydroxyl groups is 2. The lowest BCUT2D eigenvalue weighted by molar-refractivity contribution is -0.119. The number of hydrogen-bond donors (Lipinski definition) is 3. The Labute approximate surface area is 189 Å². The molecule has 1 aromatic heterocycles. The molecule has 0 radical (unpaired) electrons. The number of aliphatic hydroxyl groups excluding tert-OH is 2. The van der Waals surface area contributed by atoms with E-state index in [-0.39, 0.29) is 36.5 Å². The average Bonchev–Trinajstić information content (AvgIpc) is 2.92. The molecule has 2 rings (SSSR count). The number of rotatable bonds is 10. The number of nitrogens with zero attached hydrogens (tertiary/aromatic N) is 2. The summed E-state index contributed by atoms with van der Waals surface area (Å²) in [6, 6.07) is 1.39. The first-order valence-electron chi connectivity index (χ1n) is 9.28. The molecule has 1 saturated heterocycles. The quantitative estimate of drug-likeness (QED) is 0.240. The zero-order valence-electron chi connectivity index (χ0n) is 17.3. The van der Waals surface area contributed by atoms with Gasteiger partial charge in [-0.15, -0.1) is 20.6 Å². The minimum Gasteiger partial charge on any atom is -0.395 e. The summed E-state index contributed by atoms with van der Waals surface area (Å²) in [5.41, 5.74) is 3.91. The van der Waals surface area contributed by atoms with Gasteiger partial charge in [-0.25, -0.2) is 4.79 Å². The molecule has 1 fully saturated rings. The van der Waals surface area contributed by atoms with E-state index in [0.29, 0.717) is 0 Å². The third-order valence-electron chi connectivity index (χ3n) is 4.63. The molecule has 1 aliphatic heterocycles. The Morgan fingerprint density at radius 3 is 2.81 bits per heavy atom. The number of halogens is 1. The van der Waals surface area contributed by atoms with Crippen molar-refractivity contribution in [2.24, 2.45) is 5.41 Å². The largest absolute Gasteiger partial charge is 0.697 e. The summed E-state index contributed by atoms with van der Waals surface area (Å²) in [6.45, 7) is 4.11. The molecule has 2 heterocycles. The number of nitrogens with two attached hydrogens (primary N) is 1. The molecule has 174 valence electrons. The van der Waals surface area contributed by atoms with Gasteiger partial charge in [-0.05, 0) is 26.8 Å². The van der Waals surface area contributed by atoms with Gasteiger partial charge in [0.05, 0.1) is 12.0 Å². The van der Waals surface area contributed by atoms with E-state index in [9.17, 15) is 19.3 Å². The van der Waals surface area contributed by atoms with Crippen molar-refractivity contribution >= 4 is 42.6 Å².